The van der Waals surface area contributed by atoms with Gasteiger partial charge in [0.15, 0.2) is 11.0 Å². The lowest BCUT2D eigenvalue weighted by Gasteiger charge is -2.51. The molecule has 8 heteroatoms. The number of hydrogen-bond donors (Lipinski definition) is 1. The molecule has 2 unspecified atom stereocenters. The van der Waals surface area contributed by atoms with Gasteiger partial charge in [0, 0.05) is 5.75 Å². The number of fused-ring (bicyclic) bond motifs is 1. The van der Waals surface area contributed by atoms with E-state index in [0.29, 0.717) is 5.75 Å². The molecule has 28 heavy (non-hydrogen) atoms. The summed E-state index contributed by atoms with van der Waals surface area (Å²) in [5.74, 6) is -0.347. The molecule has 0 bridgehead atoms. The maximum Gasteiger partial charge on any atom is 0.330 e. The molecule has 0 radical (unpaired) electrons. The van der Waals surface area contributed by atoms with E-state index in [4.69, 9.17) is 22.1 Å². The van der Waals surface area contributed by atoms with Crippen molar-refractivity contribution < 1.29 is 14.3 Å². The smallest absolute Gasteiger partial charge is 0.330 e. The standard InChI is InChI=1S/C20H19ClN2O3S.ClH/c21-20(11-23-17(24)15(22)18(23)27-12-20)19(25)26-16(13-7-3-1-4-8-13)14-9-5-2-6-10-14;/h1-10,15-16,18H,11-12,22H2;1H/t15?,18-,20?;/m1./s1. The van der Waals surface area contributed by atoms with Crippen LogP contribution in [0.15, 0.2) is 60.7 Å². The number of rotatable bonds is 4. The molecular formula is C20H20Cl2N2O3S. The van der Waals surface area contributed by atoms with Crippen molar-refractivity contribution in [2.45, 2.75) is 22.4 Å². The minimum absolute atomic E-state index is 0. The van der Waals surface area contributed by atoms with E-state index >= 15 is 0 Å². The molecule has 4 rings (SSSR count). The number of hydrogen-bond acceptors (Lipinski definition) is 5. The summed E-state index contributed by atoms with van der Waals surface area (Å²) >= 11 is 8.05. The van der Waals surface area contributed by atoms with Gasteiger partial charge in [-0.25, -0.2) is 0 Å². The molecule has 1 amide bonds. The predicted molar refractivity (Wildman–Crippen MR) is 113 cm³/mol. The lowest BCUT2D eigenvalue weighted by molar-refractivity contribution is -0.154. The zero-order valence-electron chi connectivity index (χ0n) is 14.9. The SMILES string of the molecule is Cl.NC1C(=O)N2CC(Cl)(C(=O)OC(c3ccccc3)c3ccccc3)CS[C@H]12. The van der Waals surface area contributed by atoms with Crippen molar-refractivity contribution in [2.75, 3.05) is 12.3 Å². The molecule has 2 fully saturated rings. The van der Waals surface area contributed by atoms with Crippen molar-refractivity contribution in [3.63, 3.8) is 0 Å². The maximum absolute atomic E-state index is 13.0. The second kappa shape index (κ2) is 8.33. The zero-order valence-corrected chi connectivity index (χ0v) is 17.3. The van der Waals surface area contributed by atoms with Crippen LogP contribution in [0.1, 0.15) is 17.2 Å². The molecule has 3 atom stereocenters. The topological polar surface area (TPSA) is 72.6 Å². The van der Waals surface area contributed by atoms with Gasteiger partial charge in [-0.3, -0.25) is 9.59 Å². The summed E-state index contributed by atoms with van der Waals surface area (Å²) in [4.78, 5) is 25.2. The Kier molecular flexibility index (Phi) is 6.25. The molecule has 0 spiro atoms. The van der Waals surface area contributed by atoms with Gasteiger partial charge in [0.2, 0.25) is 5.91 Å². The second-order valence-corrected chi connectivity index (χ2v) is 8.59. The lowest BCUT2D eigenvalue weighted by atomic mass is 10.0. The molecule has 2 N–H and O–H groups in total. The van der Waals surface area contributed by atoms with Crippen molar-refractivity contribution in [1.29, 1.82) is 0 Å². The molecule has 2 aromatic rings. The van der Waals surface area contributed by atoms with E-state index in [9.17, 15) is 9.59 Å². The van der Waals surface area contributed by atoms with Gasteiger partial charge >= 0.3 is 5.97 Å². The van der Waals surface area contributed by atoms with Gasteiger partial charge < -0.3 is 15.4 Å². The number of thioether (sulfide) groups is 1. The first-order valence-corrected chi connectivity index (χ1v) is 10.1. The Balaban J connectivity index is 0.00000225. The number of amides is 1. The lowest BCUT2D eigenvalue weighted by Crippen LogP contribution is -2.72. The second-order valence-electron chi connectivity index (χ2n) is 6.77. The molecule has 2 aliphatic rings. The summed E-state index contributed by atoms with van der Waals surface area (Å²) in [6.07, 6.45) is -0.562. The third kappa shape index (κ3) is 3.74. The molecule has 2 aromatic carbocycles. The molecule has 0 aromatic heterocycles. The highest BCUT2D eigenvalue weighted by Crippen LogP contribution is 2.41. The van der Waals surface area contributed by atoms with Crippen LogP contribution in [-0.4, -0.2) is 45.4 Å². The number of alkyl halides is 1. The van der Waals surface area contributed by atoms with Gasteiger partial charge in [-0.05, 0) is 11.1 Å². The van der Waals surface area contributed by atoms with Crippen LogP contribution >= 0.6 is 35.8 Å². The number of carbonyl (C=O) groups is 2. The summed E-state index contributed by atoms with van der Waals surface area (Å²) < 4.78 is 5.88. The minimum atomic E-state index is -1.28. The Bertz CT molecular complexity index is 816. The fourth-order valence-electron chi connectivity index (χ4n) is 3.37. The van der Waals surface area contributed by atoms with Crippen LogP contribution in [0.4, 0.5) is 0 Å². The Morgan fingerprint density at radius 3 is 2.21 bits per heavy atom. The fourth-order valence-corrected chi connectivity index (χ4v) is 5.05. The number of β-lactam (4-membered cyclic amide) rings is 1. The van der Waals surface area contributed by atoms with Crippen molar-refractivity contribution in [1.82, 2.24) is 4.90 Å². The molecule has 2 heterocycles. The Labute approximate surface area is 179 Å². The van der Waals surface area contributed by atoms with Crippen LogP contribution in [0.5, 0.6) is 0 Å². The van der Waals surface area contributed by atoms with Crippen LogP contribution in [0.3, 0.4) is 0 Å². The Morgan fingerprint density at radius 2 is 1.68 bits per heavy atom. The molecule has 2 aliphatic heterocycles. The Hall–Kier alpha value is -1.73. The fraction of sp³-hybridized carbons (Fsp3) is 0.300. The van der Waals surface area contributed by atoms with Crippen molar-refractivity contribution in [3.8, 4) is 0 Å². The third-order valence-corrected chi connectivity index (χ3v) is 7.00. The number of benzene rings is 2. The van der Waals surface area contributed by atoms with E-state index in [1.54, 1.807) is 4.90 Å². The highest BCUT2D eigenvalue weighted by Gasteiger charge is 2.56. The van der Waals surface area contributed by atoms with Crippen LogP contribution in [0.25, 0.3) is 0 Å². The van der Waals surface area contributed by atoms with E-state index in [0.717, 1.165) is 11.1 Å². The minimum Gasteiger partial charge on any atom is -0.451 e. The number of nitrogens with zero attached hydrogens (tertiary/aromatic N) is 1. The van der Waals surface area contributed by atoms with Crippen LogP contribution in [0, 0.1) is 0 Å². The zero-order chi connectivity index (χ0) is 19.0. The first-order chi connectivity index (χ1) is 13.0. The monoisotopic (exact) mass is 438 g/mol. The molecular weight excluding hydrogens is 419 g/mol. The van der Waals surface area contributed by atoms with E-state index < -0.39 is 23.0 Å². The van der Waals surface area contributed by atoms with Crippen LogP contribution in [0.2, 0.25) is 0 Å². The van der Waals surface area contributed by atoms with Gasteiger partial charge in [0.05, 0.1) is 6.54 Å². The van der Waals surface area contributed by atoms with Gasteiger partial charge in [0.1, 0.15) is 11.4 Å². The van der Waals surface area contributed by atoms with Crippen LogP contribution in [-0.2, 0) is 14.3 Å². The molecule has 5 nitrogen and oxygen atoms in total. The largest absolute Gasteiger partial charge is 0.451 e. The van der Waals surface area contributed by atoms with Gasteiger partial charge in [-0.1, -0.05) is 60.7 Å². The summed E-state index contributed by atoms with van der Waals surface area (Å²) in [6, 6.07) is 18.6. The van der Waals surface area contributed by atoms with Crippen molar-refractivity contribution >= 4 is 47.6 Å². The quantitative estimate of drug-likeness (QED) is 0.451. The van der Waals surface area contributed by atoms with E-state index in [1.165, 1.54) is 11.8 Å². The van der Waals surface area contributed by atoms with E-state index in [-0.39, 0.29) is 30.2 Å². The van der Waals surface area contributed by atoms with E-state index in [1.807, 2.05) is 60.7 Å². The predicted octanol–water partition coefficient (Wildman–Crippen LogP) is 2.96. The summed E-state index contributed by atoms with van der Waals surface area (Å²) in [5, 5.41) is -0.101. The number of carbonyl (C=O) groups excluding carboxylic acids is 2. The highest BCUT2D eigenvalue weighted by molar-refractivity contribution is 8.00. The average molecular weight is 439 g/mol. The van der Waals surface area contributed by atoms with E-state index in [2.05, 4.69) is 0 Å². The molecule has 2 saturated heterocycles. The number of ether oxygens (including phenoxy) is 1. The molecule has 0 aliphatic carbocycles. The first kappa shape index (κ1) is 21.0. The third-order valence-electron chi connectivity index (χ3n) is 4.88. The Morgan fingerprint density at radius 1 is 1.14 bits per heavy atom. The average Bonchev–Trinajstić information content (AvgIpc) is 2.72. The molecule has 0 saturated carbocycles. The summed E-state index contributed by atoms with van der Waals surface area (Å²) in [5.41, 5.74) is 7.53. The number of nitrogens with two attached hydrogens (primary N) is 1. The number of esters is 1. The highest BCUT2D eigenvalue weighted by atomic mass is 35.5. The summed E-state index contributed by atoms with van der Waals surface area (Å²) in [7, 11) is 0. The number of halogens is 2. The molecule has 148 valence electrons. The van der Waals surface area contributed by atoms with Crippen molar-refractivity contribution in [3.05, 3.63) is 71.8 Å². The summed E-state index contributed by atoms with van der Waals surface area (Å²) in [6.45, 7) is 0.119. The normalized spacial score (nSPS) is 26.1. The maximum atomic E-state index is 13.0. The first-order valence-electron chi connectivity index (χ1n) is 8.67. The van der Waals surface area contributed by atoms with Gasteiger partial charge in [-0.2, -0.15) is 0 Å². The van der Waals surface area contributed by atoms with Crippen molar-refractivity contribution in [2.24, 2.45) is 5.73 Å². The van der Waals surface area contributed by atoms with Gasteiger partial charge in [-0.15, -0.1) is 35.8 Å². The van der Waals surface area contributed by atoms with Crippen LogP contribution < -0.4 is 5.73 Å². The van der Waals surface area contributed by atoms with Gasteiger partial charge in [0.25, 0.3) is 0 Å².